The van der Waals surface area contributed by atoms with Crippen LogP contribution in [0, 0.1) is 0 Å². The van der Waals surface area contributed by atoms with Gasteiger partial charge >= 0.3 is 0 Å². The van der Waals surface area contributed by atoms with E-state index < -0.39 is 0 Å². The summed E-state index contributed by atoms with van der Waals surface area (Å²) in [4.78, 5) is 14.2. The second kappa shape index (κ2) is 9.95. The Labute approximate surface area is 143 Å². The van der Waals surface area contributed by atoms with Gasteiger partial charge in [-0.25, -0.2) is 0 Å². The molecule has 1 heterocycles. The molecule has 1 aliphatic rings. The number of hydrogen-bond acceptors (Lipinski definition) is 5. The quantitative estimate of drug-likeness (QED) is 0.577. The molecule has 1 aliphatic heterocycles. The van der Waals surface area contributed by atoms with Crippen LogP contribution in [-0.2, 0) is 9.53 Å². The highest BCUT2D eigenvalue weighted by Gasteiger charge is 2.09. The first-order valence-electron chi connectivity index (χ1n) is 8.21. The topological polar surface area (TPSA) is 60.0 Å². The van der Waals surface area contributed by atoms with E-state index in [4.69, 9.17) is 14.2 Å². The molecule has 0 radical (unpaired) electrons. The number of methoxy groups -OCH3 is 2. The zero-order valence-electron chi connectivity index (χ0n) is 14.4. The van der Waals surface area contributed by atoms with Crippen molar-refractivity contribution >= 4 is 12.0 Å². The van der Waals surface area contributed by atoms with Crippen molar-refractivity contribution in [1.29, 1.82) is 0 Å². The van der Waals surface area contributed by atoms with E-state index in [1.807, 2.05) is 18.2 Å². The Morgan fingerprint density at radius 3 is 2.71 bits per heavy atom. The molecule has 2 rings (SSSR count). The van der Waals surface area contributed by atoms with Crippen LogP contribution < -0.4 is 14.8 Å². The van der Waals surface area contributed by atoms with Crippen LogP contribution >= 0.6 is 0 Å². The normalized spacial score (nSPS) is 15.4. The monoisotopic (exact) mass is 334 g/mol. The number of nitrogens with zero attached hydrogens (tertiary/aromatic N) is 1. The predicted octanol–water partition coefficient (Wildman–Crippen LogP) is 1.56. The van der Waals surface area contributed by atoms with Crippen molar-refractivity contribution < 1.29 is 19.0 Å². The smallest absolute Gasteiger partial charge is 0.243 e. The van der Waals surface area contributed by atoms with E-state index in [9.17, 15) is 4.79 Å². The Kier molecular flexibility index (Phi) is 7.58. The van der Waals surface area contributed by atoms with Crippen molar-refractivity contribution in [2.45, 2.75) is 6.42 Å². The van der Waals surface area contributed by atoms with Gasteiger partial charge in [0, 0.05) is 25.7 Å². The van der Waals surface area contributed by atoms with Gasteiger partial charge < -0.3 is 19.5 Å². The van der Waals surface area contributed by atoms with E-state index in [0.29, 0.717) is 18.0 Å². The van der Waals surface area contributed by atoms with E-state index >= 15 is 0 Å². The fraction of sp³-hybridized carbons (Fsp3) is 0.500. The summed E-state index contributed by atoms with van der Waals surface area (Å²) in [5.41, 5.74) is 0.885. The zero-order valence-corrected chi connectivity index (χ0v) is 14.4. The average Bonchev–Trinajstić information content (AvgIpc) is 2.64. The minimum absolute atomic E-state index is 0.0910. The number of nitrogens with one attached hydrogen (secondary N) is 1. The first-order valence-corrected chi connectivity index (χ1v) is 8.21. The summed E-state index contributed by atoms with van der Waals surface area (Å²) < 4.78 is 15.8. The van der Waals surface area contributed by atoms with Crippen LogP contribution in [0.4, 0.5) is 0 Å². The number of hydrogen-bond donors (Lipinski definition) is 1. The van der Waals surface area contributed by atoms with Gasteiger partial charge in [0.15, 0.2) is 11.5 Å². The van der Waals surface area contributed by atoms with E-state index in [0.717, 1.165) is 44.8 Å². The molecular formula is C18H26N2O4. The molecule has 0 atom stereocenters. The molecule has 24 heavy (non-hydrogen) atoms. The van der Waals surface area contributed by atoms with Gasteiger partial charge in [0.25, 0.3) is 0 Å². The Hall–Kier alpha value is -2.05. The Morgan fingerprint density at radius 2 is 2.00 bits per heavy atom. The summed E-state index contributed by atoms with van der Waals surface area (Å²) in [6, 6.07) is 5.53. The highest BCUT2D eigenvalue weighted by Crippen LogP contribution is 2.27. The van der Waals surface area contributed by atoms with Gasteiger partial charge in [-0.15, -0.1) is 0 Å². The Morgan fingerprint density at radius 1 is 1.25 bits per heavy atom. The standard InChI is InChI=1S/C18H26N2O4/c1-22-16-6-4-15(14-17(16)23-2)5-7-18(21)19-8-3-9-20-10-12-24-13-11-20/h4-7,14H,3,8-13H2,1-2H3,(H,19,21). The van der Waals surface area contributed by atoms with E-state index in [1.165, 1.54) is 6.08 Å². The molecule has 0 spiro atoms. The lowest BCUT2D eigenvalue weighted by Gasteiger charge is -2.26. The van der Waals surface area contributed by atoms with Crippen LogP contribution in [0.15, 0.2) is 24.3 Å². The van der Waals surface area contributed by atoms with E-state index in [-0.39, 0.29) is 5.91 Å². The first-order chi connectivity index (χ1) is 11.7. The highest BCUT2D eigenvalue weighted by atomic mass is 16.5. The molecule has 132 valence electrons. The maximum atomic E-state index is 11.9. The van der Waals surface area contributed by atoms with Crippen LogP contribution in [0.25, 0.3) is 6.08 Å². The van der Waals surface area contributed by atoms with Gasteiger partial charge in [-0.05, 0) is 36.7 Å². The number of morpholine rings is 1. The average molecular weight is 334 g/mol. The number of rotatable bonds is 8. The fourth-order valence-electron chi connectivity index (χ4n) is 2.53. The summed E-state index contributed by atoms with van der Waals surface area (Å²) in [5.74, 6) is 1.22. The summed E-state index contributed by atoms with van der Waals surface area (Å²) in [6.07, 6.45) is 4.24. The largest absolute Gasteiger partial charge is 0.493 e. The maximum absolute atomic E-state index is 11.9. The van der Waals surface area contributed by atoms with Gasteiger partial charge in [-0.3, -0.25) is 9.69 Å². The van der Waals surface area contributed by atoms with Crippen LogP contribution in [0.5, 0.6) is 11.5 Å². The molecule has 1 saturated heterocycles. The highest BCUT2D eigenvalue weighted by molar-refractivity contribution is 5.91. The molecule has 0 unspecified atom stereocenters. The molecule has 0 aliphatic carbocycles. The summed E-state index contributed by atoms with van der Waals surface area (Å²) >= 11 is 0. The molecule has 6 nitrogen and oxygen atoms in total. The van der Waals surface area contributed by atoms with Gasteiger partial charge in [-0.2, -0.15) is 0 Å². The molecule has 0 bridgehead atoms. The van der Waals surface area contributed by atoms with Crippen LogP contribution in [0.1, 0.15) is 12.0 Å². The van der Waals surface area contributed by atoms with Gasteiger partial charge in [0.1, 0.15) is 0 Å². The molecule has 1 amide bonds. The van der Waals surface area contributed by atoms with Crippen molar-refractivity contribution in [3.63, 3.8) is 0 Å². The second-order valence-electron chi connectivity index (χ2n) is 5.55. The number of benzene rings is 1. The number of carbonyl (C=O) groups excluding carboxylic acids is 1. The third-order valence-corrected chi connectivity index (χ3v) is 3.89. The molecule has 1 aromatic carbocycles. The van der Waals surface area contributed by atoms with E-state index in [1.54, 1.807) is 20.3 Å². The molecule has 0 saturated carbocycles. The molecule has 6 heteroatoms. The summed E-state index contributed by atoms with van der Waals surface area (Å²) in [7, 11) is 3.18. The fourth-order valence-corrected chi connectivity index (χ4v) is 2.53. The van der Waals surface area contributed by atoms with Gasteiger partial charge in [0.05, 0.1) is 27.4 Å². The molecule has 1 aromatic rings. The lowest BCUT2D eigenvalue weighted by atomic mass is 10.2. The zero-order chi connectivity index (χ0) is 17.2. The lowest BCUT2D eigenvalue weighted by Crippen LogP contribution is -2.38. The van der Waals surface area contributed by atoms with E-state index in [2.05, 4.69) is 10.2 Å². The van der Waals surface area contributed by atoms with Crippen molar-refractivity contribution in [2.24, 2.45) is 0 Å². The third-order valence-electron chi connectivity index (χ3n) is 3.89. The lowest BCUT2D eigenvalue weighted by molar-refractivity contribution is -0.116. The SMILES string of the molecule is COc1ccc(C=CC(=O)NCCCN2CCOCC2)cc1OC. The van der Waals surface area contributed by atoms with Crippen molar-refractivity contribution in [3.05, 3.63) is 29.8 Å². The van der Waals surface area contributed by atoms with Crippen molar-refractivity contribution in [2.75, 3.05) is 53.6 Å². The minimum atomic E-state index is -0.0910. The van der Waals surface area contributed by atoms with Gasteiger partial charge in [0.2, 0.25) is 5.91 Å². The van der Waals surface area contributed by atoms with Crippen LogP contribution in [0.2, 0.25) is 0 Å². The first kappa shape index (κ1) is 18.3. The van der Waals surface area contributed by atoms with Crippen molar-refractivity contribution in [1.82, 2.24) is 10.2 Å². The molecule has 1 N–H and O–H groups in total. The second-order valence-corrected chi connectivity index (χ2v) is 5.55. The molecule has 1 fully saturated rings. The van der Waals surface area contributed by atoms with Crippen LogP contribution in [-0.4, -0.2) is 64.4 Å². The van der Waals surface area contributed by atoms with Crippen molar-refractivity contribution in [3.8, 4) is 11.5 Å². The number of ether oxygens (including phenoxy) is 3. The predicted molar refractivity (Wildman–Crippen MR) is 93.5 cm³/mol. The number of carbonyl (C=O) groups is 1. The Bertz CT molecular complexity index is 554. The third kappa shape index (κ3) is 5.86. The van der Waals surface area contributed by atoms with Gasteiger partial charge in [-0.1, -0.05) is 6.07 Å². The van der Waals surface area contributed by atoms with Crippen LogP contribution in [0.3, 0.4) is 0 Å². The maximum Gasteiger partial charge on any atom is 0.243 e. The summed E-state index contributed by atoms with van der Waals surface area (Å²) in [6.45, 7) is 5.23. The number of amides is 1. The molecular weight excluding hydrogens is 308 g/mol. The molecule has 0 aromatic heterocycles. The minimum Gasteiger partial charge on any atom is -0.493 e. The summed E-state index contributed by atoms with van der Waals surface area (Å²) in [5, 5.41) is 2.90. The Balaban J connectivity index is 1.72.